The van der Waals surface area contributed by atoms with Crippen LogP contribution in [0.25, 0.3) is 0 Å². The molecule has 124 valence electrons. The van der Waals surface area contributed by atoms with E-state index in [1.165, 1.54) is 5.56 Å². The van der Waals surface area contributed by atoms with Gasteiger partial charge < -0.3 is 4.42 Å². The maximum Gasteiger partial charge on any atom is 0.243 e. The van der Waals surface area contributed by atoms with Crippen molar-refractivity contribution in [3.63, 3.8) is 0 Å². The fraction of sp³-hybridized carbons (Fsp3) is 0.444. The first-order chi connectivity index (χ1) is 11.0. The molecule has 1 aliphatic rings. The van der Waals surface area contributed by atoms with E-state index in [1.54, 1.807) is 28.8 Å². The Morgan fingerprint density at radius 1 is 1.22 bits per heavy atom. The van der Waals surface area contributed by atoms with Crippen molar-refractivity contribution in [2.24, 2.45) is 5.92 Å². The van der Waals surface area contributed by atoms with Crippen LogP contribution in [0.15, 0.2) is 52.0 Å². The van der Waals surface area contributed by atoms with E-state index >= 15 is 0 Å². The van der Waals surface area contributed by atoms with E-state index in [4.69, 9.17) is 4.42 Å². The third-order valence-corrected chi connectivity index (χ3v) is 6.17. The molecule has 23 heavy (non-hydrogen) atoms. The van der Waals surface area contributed by atoms with Crippen molar-refractivity contribution in [1.82, 2.24) is 4.31 Å². The molecule has 0 radical (unpaired) electrons. The molecule has 0 N–H and O–H groups in total. The lowest BCUT2D eigenvalue weighted by molar-refractivity contribution is 0.340. The molecule has 1 saturated heterocycles. The minimum atomic E-state index is -3.49. The van der Waals surface area contributed by atoms with Crippen LogP contribution in [0.2, 0.25) is 0 Å². The minimum absolute atomic E-state index is 0.189. The van der Waals surface area contributed by atoms with E-state index in [2.05, 4.69) is 13.8 Å². The van der Waals surface area contributed by atoms with E-state index < -0.39 is 10.0 Å². The summed E-state index contributed by atoms with van der Waals surface area (Å²) in [5.41, 5.74) is 1.17. The van der Waals surface area contributed by atoms with Crippen LogP contribution >= 0.6 is 0 Å². The summed E-state index contributed by atoms with van der Waals surface area (Å²) in [7, 11) is -3.49. The Labute approximate surface area is 138 Å². The van der Waals surface area contributed by atoms with Crippen molar-refractivity contribution < 1.29 is 12.8 Å². The van der Waals surface area contributed by atoms with Crippen molar-refractivity contribution in [2.45, 2.75) is 44.0 Å². The standard InChI is InChI=1S/C18H23NO3S/c1-14(2)13-15-7-9-16(10-8-15)23(20,21)19-11-3-5-17(19)18-6-4-12-22-18/h4,6-10,12,14,17H,3,5,11,13H2,1-2H3/t17-/m1/s1. The highest BCUT2D eigenvalue weighted by molar-refractivity contribution is 7.89. The molecule has 5 heteroatoms. The van der Waals surface area contributed by atoms with Gasteiger partial charge in [0.05, 0.1) is 17.2 Å². The second-order valence-corrected chi connectivity index (χ2v) is 8.42. The molecule has 0 spiro atoms. The summed E-state index contributed by atoms with van der Waals surface area (Å²) in [5, 5.41) is 0. The van der Waals surface area contributed by atoms with Crippen LogP contribution in [0.3, 0.4) is 0 Å². The Hall–Kier alpha value is -1.59. The average molecular weight is 333 g/mol. The molecular formula is C18H23NO3S. The molecule has 4 nitrogen and oxygen atoms in total. The molecule has 0 aliphatic carbocycles. The van der Waals surface area contributed by atoms with Gasteiger partial charge in [-0.3, -0.25) is 0 Å². The van der Waals surface area contributed by atoms with E-state index in [1.807, 2.05) is 18.2 Å². The highest BCUT2D eigenvalue weighted by Crippen LogP contribution is 2.36. The Morgan fingerprint density at radius 3 is 2.57 bits per heavy atom. The second kappa shape index (κ2) is 6.49. The smallest absolute Gasteiger partial charge is 0.243 e. The minimum Gasteiger partial charge on any atom is -0.468 e. The van der Waals surface area contributed by atoms with Gasteiger partial charge >= 0.3 is 0 Å². The molecular weight excluding hydrogens is 310 g/mol. The number of nitrogens with zero attached hydrogens (tertiary/aromatic N) is 1. The van der Waals surface area contributed by atoms with Gasteiger partial charge in [-0.25, -0.2) is 8.42 Å². The van der Waals surface area contributed by atoms with Gasteiger partial charge in [-0.05, 0) is 55.0 Å². The second-order valence-electron chi connectivity index (χ2n) is 6.53. The van der Waals surface area contributed by atoms with Crippen molar-refractivity contribution >= 4 is 10.0 Å². The average Bonchev–Trinajstić information content (AvgIpc) is 3.18. The topological polar surface area (TPSA) is 50.5 Å². The van der Waals surface area contributed by atoms with E-state index in [9.17, 15) is 8.42 Å². The van der Waals surface area contributed by atoms with Gasteiger partial charge in [-0.15, -0.1) is 0 Å². The molecule has 1 fully saturated rings. The van der Waals surface area contributed by atoms with Gasteiger partial charge in [0.2, 0.25) is 10.0 Å². The molecule has 0 unspecified atom stereocenters. The molecule has 0 saturated carbocycles. The van der Waals surface area contributed by atoms with Gasteiger partial charge in [-0.2, -0.15) is 4.31 Å². The van der Waals surface area contributed by atoms with Crippen LogP contribution in [-0.2, 0) is 16.4 Å². The molecule has 2 heterocycles. The number of rotatable bonds is 5. The van der Waals surface area contributed by atoms with E-state index in [-0.39, 0.29) is 6.04 Å². The number of furan rings is 1. The van der Waals surface area contributed by atoms with E-state index in [0.717, 1.165) is 25.0 Å². The first-order valence-electron chi connectivity index (χ1n) is 8.12. The summed E-state index contributed by atoms with van der Waals surface area (Å²) in [5.74, 6) is 1.28. The van der Waals surface area contributed by atoms with Crippen LogP contribution in [0.4, 0.5) is 0 Å². The van der Waals surface area contributed by atoms with Crippen LogP contribution < -0.4 is 0 Å². The summed E-state index contributed by atoms with van der Waals surface area (Å²) < 4.78 is 32.9. The molecule has 0 bridgehead atoms. The highest BCUT2D eigenvalue weighted by atomic mass is 32.2. The predicted molar refractivity (Wildman–Crippen MR) is 89.6 cm³/mol. The van der Waals surface area contributed by atoms with Crippen LogP contribution in [0.1, 0.15) is 44.1 Å². The van der Waals surface area contributed by atoms with Gasteiger partial charge in [0.25, 0.3) is 0 Å². The van der Waals surface area contributed by atoms with Gasteiger partial charge in [0, 0.05) is 6.54 Å². The van der Waals surface area contributed by atoms with Crippen molar-refractivity contribution in [3.8, 4) is 0 Å². The summed E-state index contributed by atoms with van der Waals surface area (Å²) in [6, 6.07) is 10.8. The lowest BCUT2D eigenvalue weighted by atomic mass is 10.0. The maximum atomic E-state index is 13.0. The molecule has 1 aromatic heterocycles. The Kier molecular flexibility index (Phi) is 4.60. The monoisotopic (exact) mass is 333 g/mol. The lowest BCUT2D eigenvalue weighted by Gasteiger charge is -2.22. The summed E-state index contributed by atoms with van der Waals surface area (Å²) in [4.78, 5) is 0.364. The lowest BCUT2D eigenvalue weighted by Crippen LogP contribution is -2.30. The fourth-order valence-corrected chi connectivity index (χ4v) is 4.86. The first kappa shape index (κ1) is 16.3. The van der Waals surface area contributed by atoms with Gasteiger partial charge in [0.15, 0.2) is 0 Å². The Bertz CT molecular complexity index is 733. The molecule has 0 amide bonds. The number of benzene rings is 1. The molecule has 2 aromatic rings. The number of sulfonamides is 1. The summed E-state index contributed by atoms with van der Waals surface area (Å²) >= 11 is 0. The van der Waals surface area contributed by atoms with E-state index in [0.29, 0.717) is 17.4 Å². The number of hydrogen-bond donors (Lipinski definition) is 0. The maximum absolute atomic E-state index is 13.0. The highest BCUT2D eigenvalue weighted by Gasteiger charge is 2.37. The zero-order chi connectivity index (χ0) is 16.4. The predicted octanol–water partition coefficient (Wildman–Crippen LogP) is 4.00. The molecule has 1 atom stereocenters. The third kappa shape index (κ3) is 3.35. The zero-order valence-electron chi connectivity index (χ0n) is 13.6. The van der Waals surface area contributed by atoms with Crippen LogP contribution in [0, 0.1) is 5.92 Å². The SMILES string of the molecule is CC(C)Cc1ccc(S(=O)(=O)N2CCC[C@@H]2c2ccco2)cc1. The van der Waals surface area contributed by atoms with Gasteiger partial charge in [0.1, 0.15) is 5.76 Å². The van der Waals surface area contributed by atoms with Crippen molar-refractivity contribution in [2.75, 3.05) is 6.54 Å². The Morgan fingerprint density at radius 2 is 1.96 bits per heavy atom. The Balaban J connectivity index is 1.86. The molecule has 3 rings (SSSR count). The molecule has 1 aliphatic heterocycles. The normalized spacial score (nSPS) is 19.5. The summed E-state index contributed by atoms with van der Waals surface area (Å²) in [6.07, 6.45) is 4.21. The zero-order valence-corrected chi connectivity index (χ0v) is 14.4. The largest absolute Gasteiger partial charge is 0.468 e. The van der Waals surface area contributed by atoms with Gasteiger partial charge in [-0.1, -0.05) is 26.0 Å². The first-order valence-corrected chi connectivity index (χ1v) is 9.56. The van der Waals surface area contributed by atoms with Crippen molar-refractivity contribution in [1.29, 1.82) is 0 Å². The summed E-state index contributed by atoms with van der Waals surface area (Å²) in [6.45, 7) is 4.85. The fourth-order valence-electron chi connectivity index (χ4n) is 3.20. The van der Waals surface area contributed by atoms with Crippen LogP contribution in [-0.4, -0.2) is 19.3 Å². The third-order valence-electron chi connectivity index (χ3n) is 4.25. The van der Waals surface area contributed by atoms with Crippen molar-refractivity contribution in [3.05, 3.63) is 54.0 Å². The number of hydrogen-bond acceptors (Lipinski definition) is 3. The molecule has 1 aromatic carbocycles. The van der Waals surface area contributed by atoms with Crippen LogP contribution in [0.5, 0.6) is 0 Å². The quantitative estimate of drug-likeness (QED) is 0.831.